The molecule has 0 amide bonds. The van der Waals surface area contributed by atoms with E-state index in [2.05, 4.69) is 26.9 Å². The van der Waals surface area contributed by atoms with Crippen molar-refractivity contribution >= 4 is 16.9 Å². The zero-order chi connectivity index (χ0) is 13.0. The molecule has 18 heavy (non-hydrogen) atoms. The Balaban J connectivity index is 2.34. The highest BCUT2D eigenvalue weighted by Crippen LogP contribution is 2.16. The quantitative estimate of drug-likeness (QED) is 0.364. The number of carboxylic acids is 1. The molecule has 0 fully saturated rings. The summed E-state index contributed by atoms with van der Waals surface area (Å²) in [4.78, 5) is 16.2. The Morgan fingerprint density at radius 3 is 3.06 bits per heavy atom. The molecule has 0 unspecified atom stereocenters. The van der Waals surface area contributed by atoms with Gasteiger partial charge in [-0.05, 0) is 23.7 Å². The largest absolute Gasteiger partial charge is 0.477 e. The van der Waals surface area contributed by atoms with Crippen LogP contribution in [0.15, 0.2) is 29.4 Å². The standard InChI is InChI=1S/C12H8N4O2/c13-16-14-5-1-2-8-3-4-9-7-11(12(17)18)15-10(9)6-8/h3-4,6-7,15H,5H2,(H,17,18). The fourth-order valence-corrected chi connectivity index (χ4v) is 1.53. The number of aromatic carboxylic acids is 1. The molecule has 2 rings (SSSR count). The third kappa shape index (κ3) is 2.43. The normalized spacial score (nSPS) is 9.33. The Morgan fingerprint density at radius 2 is 2.33 bits per heavy atom. The number of aromatic amines is 1. The van der Waals surface area contributed by atoms with Crippen molar-refractivity contribution in [3.63, 3.8) is 0 Å². The third-order valence-corrected chi connectivity index (χ3v) is 2.30. The van der Waals surface area contributed by atoms with Gasteiger partial charge in [-0.1, -0.05) is 23.0 Å². The maximum atomic E-state index is 10.8. The van der Waals surface area contributed by atoms with E-state index in [1.807, 2.05) is 0 Å². The number of hydrogen-bond donors (Lipinski definition) is 2. The molecule has 0 aliphatic heterocycles. The lowest BCUT2D eigenvalue weighted by Gasteiger charge is -1.91. The minimum absolute atomic E-state index is 0.111. The lowest BCUT2D eigenvalue weighted by atomic mass is 10.1. The maximum absolute atomic E-state index is 10.8. The molecule has 0 aliphatic rings. The fraction of sp³-hybridized carbons (Fsp3) is 0.0833. The van der Waals surface area contributed by atoms with Gasteiger partial charge < -0.3 is 10.1 Å². The average Bonchev–Trinajstić information content (AvgIpc) is 2.78. The summed E-state index contributed by atoms with van der Waals surface area (Å²) in [5.41, 5.74) is 9.67. The molecule has 6 heteroatoms. The van der Waals surface area contributed by atoms with Crippen molar-refractivity contribution in [3.8, 4) is 11.8 Å². The van der Waals surface area contributed by atoms with Gasteiger partial charge in [0.1, 0.15) is 5.69 Å². The number of azide groups is 1. The first kappa shape index (κ1) is 11.6. The van der Waals surface area contributed by atoms with Crippen LogP contribution >= 0.6 is 0 Å². The second kappa shape index (κ2) is 4.95. The van der Waals surface area contributed by atoms with E-state index >= 15 is 0 Å². The highest BCUT2D eigenvalue weighted by atomic mass is 16.4. The molecule has 1 aromatic heterocycles. The van der Waals surface area contributed by atoms with Crippen LogP contribution in [0.25, 0.3) is 21.3 Å². The highest BCUT2D eigenvalue weighted by molar-refractivity contribution is 5.94. The van der Waals surface area contributed by atoms with Crippen LogP contribution in [-0.4, -0.2) is 22.6 Å². The Kier molecular flexibility index (Phi) is 3.19. The van der Waals surface area contributed by atoms with Gasteiger partial charge in [0.05, 0.1) is 6.54 Å². The summed E-state index contributed by atoms with van der Waals surface area (Å²) in [6.07, 6.45) is 0. The van der Waals surface area contributed by atoms with Crippen LogP contribution in [0.3, 0.4) is 0 Å². The number of nitrogens with one attached hydrogen (secondary N) is 1. The number of rotatable bonds is 2. The first-order valence-electron chi connectivity index (χ1n) is 5.06. The molecule has 0 atom stereocenters. The number of H-pyrrole nitrogens is 1. The Hall–Kier alpha value is -2.90. The number of fused-ring (bicyclic) bond motifs is 1. The lowest BCUT2D eigenvalue weighted by molar-refractivity contribution is 0.0691. The van der Waals surface area contributed by atoms with Crippen molar-refractivity contribution in [2.45, 2.75) is 0 Å². The molecule has 0 saturated carbocycles. The number of hydrogen-bond acceptors (Lipinski definition) is 2. The molecule has 0 bridgehead atoms. The summed E-state index contributed by atoms with van der Waals surface area (Å²) in [5, 5.41) is 13.0. The predicted molar refractivity (Wildman–Crippen MR) is 66.1 cm³/mol. The van der Waals surface area contributed by atoms with E-state index < -0.39 is 5.97 Å². The van der Waals surface area contributed by atoms with E-state index in [1.165, 1.54) is 0 Å². The van der Waals surface area contributed by atoms with Crippen LogP contribution in [0, 0.1) is 11.8 Å². The Morgan fingerprint density at radius 1 is 1.50 bits per heavy atom. The molecule has 0 saturated heterocycles. The molecule has 1 aromatic carbocycles. The summed E-state index contributed by atoms with van der Waals surface area (Å²) in [7, 11) is 0. The minimum atomic E-state index is -0.998. The number of carbonyl (C=O) groups is 1. The molecule has 0 spiro atoms. The number of benzene rings is 1. The minimum Gasteiger partial charge on any atom is -0.477 e. The highest BCUT2D eigenvalue weighted by Gasteiger charge is 2.06. The fourth-order valence-electron chi connectivity index (χ4n) is 1.53. The first-order chi connectivity index (χ1) is 8.70. The second-order valence-corrected chi connectivity index (χ2v) is 3.48. The molecule has 0 aliphatic carbocycles. The summed E-state index contributed by atoms with van der Waals surface area (Å²) < 4.78 is 0. The van der Waals surface area contributed by atoms with Gasteiger partial charge in [-0.2, -0.15) is 0 Å². The third-order valence-electron chi connectivity index (χ3n) is 2.30. The molecular formula is C12H8N4O2. The van der Waals surface area contributed by atoms with Crippen molar-refractivity contribution in [1.82, 2.24) is 4.98 Å². The summed E-state index contributed by atoms with van der Waals surface area (Å²) in [5.74, 6) is 4.53. The van der Waals surface area contributed by atoms with Gasteiger partial charge in [0.2, 0.25) is 0 Å². The van der Waals surface area contributed by atoms with Gasteiger partial charge in [-0.15, -0.1) is 0 Å². The van der Waals surface area contributed by atoms with E-state index in [0.29, 0.717) is 5.52 Å². The molecule has 2 N–H and O–H groups in total. The summed E-state index contributed by atoms with van der Waals surface area (Å²) in [6, 6.07) is 6.89. The van der Waals surface area contributed by atoms with Gasteiger partial charge >= 0.3 is 5.97 Å². The summed E-state index contributed by atoms with van der Waals surface area (Å²) >= 11 is 0. The van der Waals surface area contributed by atoms with E-state index in [4.69, 9.17) is 10.6 Å². The predicted octanol–water partition coefficient (Wildman–Crippen LogP) is 2.53. The van der Waals surface area contributed by atoms with Crippen molar-refractivity contribution in [2.75, 3.05) is 6.54 Å². The molecule has 2 aromatic rings. The Labute approximate surface area is 102 Å². The van der Waals surface area contributed by atoms with Crippen LogP contribution in [-0.2, 0) is 0 Å². The SMILES string of the molecule is [N-]=[N+]=NCC#Cc1ccc2cc(C(=O)O)[nH]c2c1. The zero-order valence-corrected chi connectivity index (χ0v) is 9.21. The molecular weight excluding hydrogens is 232 g/mol. The Bertz CT molecular complexity index is 714. The summed E-state index contributed by atoms with van der Waals surface area (Å²) in [6.45, 7) is 0.111. The maximum Gasteiger partial charge on any atom is 0.352 e. The number of aromatic nitrogens is 1. The van der Waals surface area contributed by atoms with Crippen LogP contribution in [0.5, 0.6) is 0 Å². The average molecular weight is 240 g/mol. The zero-order valence-electron chi connectivity index (χ0n) is 9.21. The van der Waals surface area contributed by atoms with Crippen LogP contribution in [0.2, 0.25) is 0 Å². The number of carboxylic acid groups (broad SMARTS) is 1. The monoisotopic (exact) mass is 240 g/mol. The molecule has 0 radical (unpaired) electrons. The van der Waals surface area contributed by atoms with Crippen LogP contribution < -0.4 is 0 Å². The van der Waals surface area contributed by atoms with Crippen molar-refractivity contribution in [3.05, 3.63) is 46.0 Å². The van der Waals surface area contributed by atoms with Crippen LogP contribution in [0.1, 0.15) is 16.1 Å². The van der Waals surface area contributed by atoms with Gasteiger partial charge in [0, 0.05) is 21.4 Å². The van der Waals surface area contributed by atoms with Crippen molar-refractivity contribution in [1.29, 1.82) is 0 Å². The van der Waals surface area contributed by atoms with Gasteiger partial charge in [0.15, 0.2) is 0 Å². The number of nitrogens with zero attached hydrogens (tertiary/aromatic N) is 3. The van der Waals surface area contributed by atoms with Crippen molar-refractivity contribution < 1.29 is 9.90 Å². The smallest absolute Gasteiger partial charge is 0.352 e. The van der Waals surface area contributed by atoms with Gasteiger partial charge in [-0.25, -0.2) is 4.79 Å². The van der Waals surface area contributed by atoms with E-state index in [1.54, 1.807) is 24.3 Å². The van der Waals surface area contributed by atoms with Crippen LogP contribution in [0.4, 0.5) is 0 Å². The topological polar surface area (TPSA) is 102 Å². The lowest BCUT2D eigenvalue weighted by Crippen LogP contribution is -1.94. The van der Waals surface area contributed by atoms with E-state index in [0.717, 1.165) is 10.9 Å². The van der Waals surface area contributed by atoms with E-state index in [9.17, 15) is 4.79 Å². The molecule has 6 nitrogen and oxygen atoms in total. The molecule has 1 heterocycles. The van der Waals surface area contributed by atoms with Gasteiger partial charge in [-0.3, -0.25) is 0 Å². The first-order valence-corrected chi connectivity index (χ1v) is 5.06. The van der Waals surface area contributed by atoms with E-state index in [-0.39, 0.29) is 12.2 Å². The second-order valence-electron chi connectivity index (χ2n) is 3.48. The van der Waals surface area contributed by atoms with Crippen molar-refractivity contribution in [2.24, 2.45) is 5.11 Å². The van der Waals surface area contributed by atoms with Gasteiger partial charge in [0.25, 0.3) is 0 Å². The molecule has 88 valence electrons.